The molecule has 174 valence electrons. The van der Waals surface area contributed by atoms with Crippen LogP contribution in [0.3, 0.4) is 0 Å². The molecule has 0 unspecified atom stereocenters. The molecular weight excluding hydrogens is 473 g/mol. The highest BCUT2D eigenvalue weighted by Crippen LogP contribution is 2.28. The SMILES string of the molecule is COC(=O)C1CCC(OCc2ccccc2)CC1.N=C(OCc1ccccc1)C(Cl)(Cl)Cl. The summed E-state index contributed by atoms with van der Waals surface area (Å²) in [6.07, 6.45) is 3.95. The third-order valence-electron chi connectivity index (χ3n) is 5.02. The van der Waals surface area contributed by atoms with E-state index in [0.717, 1.165) is 31.2 Å². The van der Waals surface area contributed by atoms with Crippen molar-refractivity contribution in [3.8, 4) is 0 Å². The Morgan fingerprint density at radius 2 is 1.41 bits per heavy atom. The Balaban J connectivity index is 0.000000235. The minimum absolute atomic E-state index is 0.0727. The van der Waals surface area contributed by atoms with Crippen molar-refractivity contribution in [2.24, 2.45) is 5.92 Å². The predicted octanol–water partition coefficient (Wildman–Crippen LogP) is 6.49. The van der Waals surface area contributed by atoms with E-state index in [1.807, 2.05) is 48.5 Å². The van der Waals surface area contributed by atoms with Crippen molar-refractivity contribution in [2.75, 3.05) is 7.11 Å². The number of nitrogens with one attached hydrogen (secondary N) is 1. The molecule has 5 nitrogen and oxygen atoms in total. The molecule has 0 aromatic heterocycles. The summed E-state index contributed by atoms with van der Waals surface area (Å²) >= 11 is 16.3. The minimum atomic E-state index is -1.78. The van der Waals surface area contributed by atoms with E-state index in [-0.39, 0.29) is 30.5 Å². The minimum Gasteiger partial charge on any atom is -0.473 e. The third kappa shape index (κ3) is 9.78. The van der Waals surface area contributed by atoms with Crippen molar-refractivity contribution in [3.05, 3.63) is 71.8 Å². The molecule has 0 atom stereocenters. The molecule has 0 heterocycles. The van der Waals surface area contributed by atoms with Gasteiger partial charge in [-0.1, -0.05) is 95.5 Å². The maximum absolute atomic E-state index is 11.4. The van der Waals surface area contributed by atoms with E-state index < -0.39 is 3.79 Å². The van der Waals surface area contributed by atoms with Crippen LogP contribution in [0.5, 0.6) is 0 Å². The van der Waals surface area contributed by atoms with Crippen LogP contribution in [0.4, 0.5) is 0 Å². The first-order valence-electron chi connectivity index (χ1n) is 10.4. The standard InChI is InChI=1S/C15H20O3.C9H8Cl3NO/c1-17-15(16)13-7-9-14(10-8-13)18-11-12-5-3-2-4-6-12;10-9(11,12)8(13)14-6-7-4-2-1-3-5-7/h2-6,13-14H,7-11H2,1H3;1-5,13H,6H2. The number of hydrogen-bond donors (Lipinski definition) is 1. The van der Waals surface area contributed by atoms with Crippen LogP contribution in [0, 0.1) is 11.3 Å². The molecule has 1 saturated carbocycles. The third-order valence-corrected chi connectivity index (χ3v) is 5.54. The number of alkyl halides is 3. The second kappa shape index (κ2) is 13.7. The summed E-state index contributed by atoms with van der Waals surface area (Å²) < 4.78 is 13.9. The lowest BCUT2D eigenvalue weighted by molar-refractivity contribution is -0.147. The molecular formula is C24H28Cl3NO4. The number of carbonyl (C=O) groups excluding carboxylic acids is 1. The van der Waals surface area contributed by atoms with Gasteiger partial charge < -0.3 is 14.2 Å². The molecule has 32 heavy (non-hydrogen) atoms. The normalized spacial score (nSPS) is 18.1. The quantitative estimate of drug-likeness (QED) is 0.213. The number of hydrogen-bond acceptors (Lipinski definition) is 5. The summed E-state index contributed by atoms with van der Waals surface area (Å²) in [7, 11) is 1.46. The van der Waals surface area contributed by atoms with Gasteiger partial charge in [-0.2, -0.15) is 0 Å². The fourth-order valence-corrected chi connectivity index (χ4v) is 3.40. The van der Waals surface area contributed by atoms with E-state index in [1.54, 1.807) is 0 Å². The van der Waals surface area contributed by atoms with E-state index in [2.05, 4.69) is 12.1 Å². The molecule has 0 spiro atoms. The fraction of sp³-hybridized carbons (Fsp3) is 0.417. The molecule has 0 radical (unpaired) electrons. The van der Waals surface area contributed by atoms with Crippen LogP contribution in [-0.4, -0.2) is 28.9 Å². The number of ether oxygens (including phenoxy) is 3. The van der Waals surface area contributed by atoms with Crippen molar-refractivity contribution >= 4 is 46.7 Å². The number of rotatable bonds is 6. The zero-order valence-corrected chi connectivity index (χ0v) is 20.2. The monoisotopic (exact) mass is 499 g/mol. The van der Waals surface area contributed by atoms with Crippen LogP contribution in [0.2, 0.25) is 0 Å². The Hall–Kier alpha value is -1.79. The highest BCUT2D eigenvalue weighted by Gasteiger charge is 2.28. The fourth-order valence-electron chi connectivity index (χ4n) is 3.23. The number of benzene rings is 2. The molecule has 0 saturated heterocycles. The first-order chi connectivity index (χ1) is 15.3. The van der Waals surface area contributed by atoms with Gasteiger partial charge in [-0.15, -0.1) is 0 Å². The second-order valence-electron chi connectivity index (χ2n) is 7.39. The summed E-state index contributed by atoms with van der Waals surface area (Å²) in [5.41, 5.74) is 2.12. The molecule has 2 aromatic carbocycles. The van der Waals surface area contributed by atoms with Crippen LogP contribution >= 0.6 is 34.8 Å². The van der Waals surface area contributed by atoms with Gasteiger partial charge in [-0.05, 0) is 36.8 Å². The largest absolute Gasteiger partial charge is 0.473 e. The first-order valence-corrected chi connectivity index (χ1v) is 11.5. The summed E-state index contributed by atoms with van der Waals surface area (Å²) in [6, 6.07) is 19.6. The lowest BCUT2D eigenvalue weighted by Crippen LogP contribution is -2.26. The molecule has 0 aliphatic heterocycles. The number of halogens is 3. The number of esters is 1. The molecule has 1 N–H and O–H groups in total. The average molecular weight is 501 g/mol. The van der Waals surface area contributed by atoms with E-state index in [4.69, 9.17) is 54.4 Å². The Labute approximate surface area is 204 Å². The van der Waals surface area contributed by atoms with Gasteiger partial charge in [0.05, 0.1) is 25.7 Å². The van der Waals surface area contributed by atoms with Crippen molar-refractivity contribution < 1.29 is 19.0 Å². The zero-order chi connectivity index (χ0) is 23.4. The van der Waals surface area contributed by atoms with Gasteiger partial charge >= 0.3 is 5.97 Å². The zero-order valence-electron chi connectivity index (χ0n) is 17.9. The van der Waals surface area contributed by atoms with E-state index in [0.29, 0.717) is 6.61 Å². The van der Waals surface area contributed by atoms with Gasteiger partial charge in [-0.3, -0.25) is 10.2 Å². The molecule has 1 aliphatic rings. The lowest BCUT2D eigenvalue weighted by Gasteiger charge is -2.27. The molecule has 8 heteroatoms. The summed E-state index contributed by atoms with van der Waals surface area (Å²) in [5.74, 6) is -0.366. The highest BCUT2D eigenvalue weighted by molar-refractivity contribution is 6.76. The molecule has 2 aromatic rings. The van der Waals surface area contributed by atoms with Gasteiger partial charge in [0.15, 0.2) is 0 Å². The Bertz CT molecular complexity index is 820. The highest BCUT2D eigenvalue weighted by atomic mass is 35.6. The number of carbonyl (C=O) groups is 1. The van der Waals surface area contributed by atoms with Crippen LogP contribution < -0.4 is 0 Å². The van der Waals surface area contributed by atoms with Crippen molar-refractivity contribution in [3.63, 3.8) is 0 Å². The maximum atomic E-state index is 11.4. The average Bonchev–Trinajstić information content (AvgIpc) is 2.82. The van der Waals surface area contributed by atoms with Gasteiger partial charge in [0.1, 0.15) is 6.61 Å². The van der Waals surface area contributed by atoms with Crippen LogP contribution in [0.25, 0.3) is 0 Å². The Morgan fingerprint density at radius 1 is 0.906 bits per heavy atom. The molecule has 3 rings (SSSR count). The van der Waals surface area contributed by atoms with Crippen molar-refractivity contribution in [1.29, 1.82) is 5.41 Å². The van der Waals surface area contributed by atoms with E-state index in [1.165, 1.54) is 12.7 Å². The van der Waals surface area contributed by atoms with Crippen LogP contribution in [-0.2, 0) is 32.2 Å². The van der Waals surface area contributed by atoms with Gasteiger partial charge in [0, 0.05) is 0 Å². The predicted molar refractivity (Wildman–Crippen MR) is 128 cm³/mol. The summed E-state index contributed by atoms with van der Waals surface area (Å²) in [4.78, 5) is 11.4. The molecule has 1 fully saturated rings. The number of methoxy groups -OCH3 is 1. The Morgan fingerprint density at radius 3 is 1.88 bits per heavy atom. The maximum Gasteiger partial charge on any atom is 0.308 e. The summed E-state index contributed by atoms with van der Waals surface area (Å²) in [5, 5.41) is 7.27. The molecule has 0 bridgehead atoms. The first kappa shape index (κ1) is 26.5. The van der Waals surface area contributed by atoms with Gasteiger partial charge in [0.25, 0.3) is 3.79 Å². The summed E-state index contributed by atoms with van der Waals surface area (Å²) in [6.45, 7) is 0.891. The Kier molecular flexibility index (Phi) is 11.3. The van der Waals surface area contributed by atoms with Crippen LogP contribution in [0.1, 0.15) is 36.8 Å². The topological polar surface area (TPSA) is 68.6 Å². The van der Waals surface area contributed by atoms with Gasteiger partial charge in [0.2, 0.25) is 5.90 Å². The van der Waals surface area contributed by atoms with Crippen molar-refractivity contribution in [2.45, 2.75) is 48.8 Å². The van der Waals surface area contributed by atoms with E-state index >= 15 is 0 Å². The van der Waals surface area contributed by atoms with Crippen molar-refractivity contribution in [1.82, 2.24) is 0 Å². The van der Waals surface area contributed by atoms with E-state index in [9.17, 15) is 4.79 Å². The van der Waals surface area contributed by atoms with Gasteiger partial charge in [-0.25, -0.2) is 0 Å². The smallest absolute Gasteiger partial charge is 0.308 e. The molecule has 0 amide bonds. The van der Waals surface area contributed by atoms with Crippen LogP contribution in [0.15, 0.2) is 60.7 Å². The lowest BCUT2D eigenvalue weighted by atomic mass is 9.87. The molecule has 1 aliphatic carbocycles. The second-order valence-corrected chi connectivity index (χ2v) is 9.68.